The maximum absolute atomic E-state index is 12.0. The van der Waals surface area contributed by atoms with E-state index < -0.39 is 11.9 Å². The first kappa shape index (κ1) is 15.2. The fourth-order valence-corrected chi connectivity index (χ4v) is 1.85. The zero-order chi connectivity index (χ0) is 14.3. The first-order chi connectivity index (χ1) is 9.04. The highest BCUT2D eigenvalue weighted by molar-refractivity contribution is 5.83. The SMILES string of the molecule is CC(CNC(=O)C(CN)c1ccccc1)CC(=O)O. The second kappa shape index (κ2) is 7.53. The number of nitrogens with two attached hydrogens (primary N) is 1. The number of rotatable bonds is 7. The fourth-order valence-electron chi connectivity index (χ4n) is 1.85. The number of hydrogen-bond donors (Lipinski definition) is 3. The Labute approximate surface area is 112 Å². The minimum Gasteiger partial charge on any atom is -0.481 e. The zero-order valence-corrected chi connectivity index (χ0v) is 11.0. The summed E-state index contributed by atoms with van der Waals surface area (Å²) in [5.74, 6) is -1.51. The minimum atomic E-state index is -0.861. The van der Waals surface area contributed by atoms with Gasteiger partial charge in [-0.15, -0.1) is 0 Å². The van der Waals surface area contributed by atoms with Gasteiger partial charge in [0.1, 0.15) is 0 Å². The van der Waals surface area contributed by atoms with Crippen molar-refractivity contribution in [2.75, 3.05) is 13.1 Å². The third kappa shape index (κ3) is 5.09. The lowest BCUT2D eigenvalue weighted by Gasteiger charge is -2.17. The normalized spacial score (nSPS) is 13.6. The van der Waals surface area contributed by atoms with Gasteiger partial charge in [-0.25, -0.2) is 0 Å². The summed E-state index contributed by atoms with van der Waals surface area (Å²) in [5, 5.41) is 11.4. The quantitative estimate of drug-likeness (QED) is 0.683. The smallest absolute Gasteiger partial charge is 0.303 e. The monoisotopic (exact) mass is 264 g/mol. The second-order valence-electron chi connectivity index (χ2n) is 4.65. The highest BCUT2D eigenvalue weighted by Gasteiger charge is 2.19. The number of benzene rings is 1. The van der Waals surface area contributed by atoms with E-state index in [9.17, 15) is 9.59 Å². The summed E-state index contributed by atoms with van der Waals surface area (Å²) in [6.45, 7) is 2.35. The van der Waals surface area contributed by atoms with Crippen LogP contribution in [0.1, 0.15) is 24.8 Å². The van der Waals surface area contributed by atoms with Crippen LogP contribution in [0, 0.1) is 5.92 Å². The van der Waals surface area contributed by atoms with Crippen LogP contribution in [-0.4, -0.2) is 30.1 Å². The maximum atomic E-state index is 12.0. The van der Waals surface area contributed by atoms with Gasteiger partial charge in [0.05, 0.1) is 5.92 Å². The predicted molar refractivity (Wildman–Crippen MR) is 72.7 cm³/mol. The van der Waals surface area contributed by atoms with Crippen LogP contribution in [0.25, 0.3) is 0 Å². The summed E-state index contributed by atoms with van der Waals surface area (Å²) < 4.78 is 0. The number of carboxylic acids is 1. The molecule has 0 aliphatic rings. The molecule has 0 spiro atoms. The fraction of sp³-hybridized carbons (Fsp3) is 0.429. The van der Waals surface area contributed by atoms with Gasteiger partial charge in [-0.1, -0.05) is 37.3 Å². The van der Waals surface area contributed by atoms with E-state index in [4.69, 9.17) is 10.8 Å². The van der Waals surface area contributed by atoms with Gasteiger partial charge in [0.2, 0.25) is 5.91 Å². The van der Waals surface area contributed by atoms with Crippen molar-refractivity contribution in [3.05, 3.63) is 35.9 Å². The van der Waals surface area contributed by atoms with Gasteiger partial charge in [0, 0.05) is 19.5 Å². The van der Waals surface area contributed by atoms with E-state index in [1.165, 1.54) is 0 Å². The Kier molecular flexibility index (Phi) is 6.02. The standard InChI is InChI=1S/C14H20N2O3/c1-10(7-13(17)18)9-16-14(19)12(8-15)11-5-3-2-4-6-11/h2-6,10,12H,7-9,15H2,1H3,(H,16,19)(H,17,18). The molecule has 0 aliphatic carbocycles. The van der Waals surface area contributed by atoms with Gasteiger partial charge in [-0.3, -0.25) is 9.59 Å². The molecule has 5 heteroatoms. The highest BCUT2D eigenvalue weighted by Crippen LogP contribution is 2.14. The van der Waals surface area contributed by atoms with Gasteiger partial charge in [-0.2, -0.15) is 0 Å². The first-order valence-electron chi connectivity index (χ1n) is 6.29. The second-order valence-corrected chi connectivity index (χ2v) is 4.65. The lowest BCUT2D eigenvalue weighted by atomic mass is 9.98. The van der Waals surface area contributed by atoms with Crippen molar-refractivity contribution in [3.63, 3.8) is 0 Å². The number of carboxylic acid groups (broad SMARTS) is 1. The first-order valence-corrected chi connectivity index (χ1v) is 6.29. The van der Waals surface area contributed by atoms with Gasteiger partial charge in [-0.05, 0) is 11.5 Å². The molecule has 4 N–H and O–H groups in total. The predicted octanol–water partition coefficient (Wildman–Crippen LogP) is 0.956. The molecule has 0 aliphatic heterocycles. The van der Waals surface area contributed by atoms with E-state index >= 15 is 0 Å². The molecule has 0 saturated carbocycles. The molecule has 2 atom stereocenters. The molecular formula is C14H20N2O3. The van der Waals surface area contributed by atoms with Crippen LogP contribution in [0.15, 0.2) is 30.3 Å². The molecule has 1 rings (SSSR count). The molecule has 1 aromatic carbocycles. The Morgan fingerprint density at radius 3 is 2.47 bits per heavy atom. The van der Waals surface area contributed by atoms with Crippen molar-refractivity contribution in [2.24, 2.45) is 11.7 Å². The van der Waals surface area contributed by atoms with Crippen molar-refractivity contribution in [3.8, 4) is 0 Å². The topological polar surface area (TPSA) is 92.4 Å². The summed E-state index contributed by atoms with van der Waals surface area (Å²) >= 11 is 0. The largest absolute Gasteiger partial charge is 0.481 e. The molecule has 1 amide bonds. The lowest BCUT2D eigenvalue weighted by molar-refractivity contribution is -0.138. The summed E-state index contributed by atoms with van der Waals surface area (Å²) in [7, 11) is 0. The molecule has 19 heavy (non-hydrogen) atoms. The third-order valence-corrected chi connectivity index (χ3v) is 2.90. The zero-order valence-electron chi connectivity index (χ0n) is 11.0. The van der Waals surface area contributed by atoms with Crippen molar-refractivity contribution >= 4 is 11.9 Å². The molecule has 0 bridgehead atoms. The molecule has 0 aromatic heterocycles. The molecule has 0 saturated heterocycles. The number of aliphatic carboxylic acids is 1. The molecule has 0 heterocycles. The van der Waals surface area contributed by atoms with Crippen LogP contribution >= 0.6 is 0 Å². The Balaban J connectivity index is 2.54. The van der Waals surface area contributed by atoms with Crippen LogP contribution < -0.4 is 11.1 Å². The van der Waals surface area contributed by atoms with Gasteiger partial charge in [0.15, 0.2) is 0 Å². The number of carbonyl (C=O) groups is 2. The van der Waals surface area contributed by atoms with E-state index in [0.717, 1.165) is 5.56 Å². The van der Waals surface area contributed by atoms with Crippen LogP contribution in [0.3, 0.4) is 0 Å². The summed E-state index contributed by atoms with van der Waals surface area (Å²) in [6, 6.07) is 9.32. The Morgan fingerprint density at radius 1 is 1.32 bits per heavy atom. The highest BCUT2D eigenvalue weighted by atomic mass is 16.4. The molecule has 104 valence electrons. The summed E-state index contributed by atoms with van der Waals surface area (Å²) in [4.78, 5) is 22.6. The van der Waals surface area contributed by atoms with Gasteiger partial charge < -0.3 is 16.2 Å². The molecule has 2 unspecified atom stereocenters. The number of carbonyl (C=O) groups excluding carboxylic acids is 1. The van der Waals surface area contributed by atoms with Crippen molar-refractivity contribution in [1.82, 2.24) is 5.32 Å². The van der Waals surface area contributed by atoms with Crippen LogP contribution in [0.4, 0.5) is 0 Å². The van der Waals surface area contributed by atoms with Crippen LogP contribution in [0.5, 0.6) is 0 Å². The van der Waals surface area contributed by atoms with Crippen molar-refractivity contribution in [1.29, 1.82) is 0 Å². The van der Waals surface area contributed by atoms with Crippen LogP contribution in [-0.2, 0) is 9.59 Å². The minimum absolute atomic E-state index is 0.0406. The van der Waals surface area contributed by atoms with Gasteiger partial charge in [0.25, 0.3) is 0 Å². The Bertz CT molecular complexity index is 420. The van der Waals surface area contributed by atoms with E-state index in [1.54, 1.807) is 6.92 Å². The molecule has 0 fully saturated rings. The average molecular weight is 264 g/mol. The van der Waals surface area contributed by atoms with E-state index in [1.807, 2.05) is 30.3 Å². The van der Waals surface area contributed by atoms with E-state index in [2.05, 4.69) is 5.32 Å². The van der Waals surface area contributed by atoms with Crippen molar-refractivity contribution < 1.29 is 14.7 Å². The molecule has 1 aromatic rings. The molecular weight excluding hydrogens is 244 g/mol. The Hall–Kier alpha value is -1.88. The maximum Gasteiger partial charge on any atom is 0.303 e. The average Bonchev–Trinajstić information content (AvgIpc) is 2.38. The number of nitrogens with one attached hydrogen (secondary N) is 1. The summed E-state index contributed by atoms with van der Waals surface area (Å²) in [6.07, 6.45) is 0.0406. The number of amides is 1. The van der Waals surface area contributed by atoms with E-state index in [0.29, 0.717) is 6.54 Å². The van der Waals surface area contributed by atoms with Gasteiger partial charge >= 0.3 is 5.97 Å². The Morgan fingerprint density at radius 2 is 1.95 bits per heavy atom. The summed E-state index contributed by atoms with van der Waals surface area (Å²) in [5.41, 5.74) is 6.51. The van der Waals surface area contributed by atoms with Crippen LogP contribution in [0.2, 0.25) is 0 Å². The molecule has 5 nitrogen and oxygen atoms in total. The third-order valence-electron chi connectivity index (χ3n) is 2.90. The molecule has 0 radical (unpaired) electrons. The number of hydrogen-bond acceptors (Lipinski definition) is 3. The van der Waals surface area contributed by atoms with Crippen molar-refractivity contribution in [2.45, 2.75) is 19.3 Å². The lowest BCUT2D eigenvalue weighted by Crippen LogP contribution is -2.36. The van der Waals surface area contributed by atoms with E-state index in [-0.39, 0.29) is 24.8 Å².